The van der Waals surface area contributed by atoms with E-state index in [2.05, 4.69) is 0 Å². The molecule has 7 rings (SSSR count). The second-order valence-electron chi connectivity index (χ2n) is 11.8. The molecule has 1 aliphatic carbocycles. The van der Waals surface area contributed by atoms with Gasteiger partial charge in [0.1, 0.15) is 35.1 Å². The molecule has 52 heavy (non-hydrogen) atoms. The molecular formula is C40H20F4N8. The van der Waals surface area contributed by atoms with Crippen LogP contribution in [-0.4, -0.2) is 19.9 Å². The number of hydrogen-bond donors (Lipinski definition) is 0. The lowest BCUT2D eigenvalue weighted by Crippen LogP contribution is -2.31. The summed E-state index contributed by atoms with van der Waals surface area (Å²) in [7, 11) is 0. The van der Waals surface area contributed by atoms with Crippen LogP contribution >= 0.6 is 0 Å². The Bertz CT molecular complexity index is 2160. The summed E-state index contributed by atoms with van der Waals surface area (Å²) < 4.78 is 56.4. The summed E-state index contributed by atoms with van der Waals surface area (Å²) in [5.41, 5.74) is 2.54. The zero-order valence-corrected chi connectivity index (χ0v) is 26.6. The molecule has 0 saturated carbocycles. The molecule has 0 atom stereocenters. The number of hydrogen-bond acceptors (Lipinski definition) is 8. The number of nitriles is 4. The number of benzene rings is 4. The van der Waals surface area contributed by atoms with Crippen molar-refractivity contribution in [2.75, 3.05) is 0 Å². The Hall–Kier alpha value is -7.28. The lowest BCUT2D eigenvalue weighted by molar-refractivity contribution is 0.553. The van der Waals surface area contributed by atoms with Gasteiger partial charge in [-0.3, -0.25) is 0 Å². The lowest BCUT2D eigenvalue weighted by atomic mass is 9.73. The van der Waals surface area contributed by atoms with E-state index in [1.807, 2.05) is 24.3 Å². The molecule has 6 aromatic rings. The number of aromatic nitrogens is 4. The van der Waals surface area contributed by atoms with Crippen LogP contribution < -0.4 is 0 Å². The maximum Gasteiger partial charge on any atom is 0.147 e. The summed E-state index contributed by atoms with van der Waals surface area (Å²) in [6, 6.07) is 29.4. The maximum atomic E-state index is 14.1. The molecule has 8 nitrogen and oxygen atoms in total. The third-order valence-corrected chi connectivity index (χ3v) is 8.77. The van der Waals surface area contributed by atoms with E-state index in [0.29, 0.717) is 22.3 Å². The van der Waals surface area contributed by atoms with E-state index in [0.717, 1.165) is 0 Å². The zero-order chi connectivity index (χ0) is 36.5. The molecule has 0 saturated heterocycles. The predicted octanol–water partition coefficient (Wildman–Crippen LogP) is 8.39. The summed E-state index contributed by atoms with van der Waals surface area (Å²) >= 11 is 0. The first-order chi connectivity index (χ1) is 25.2. The molecule has 0 unspecified atom stereocenters. The first-order valence-corrected chi connectivity index (χ1v) is 15.7. The fourth-order valence-corrected chi connectivity index (χ4v) is 6.32. The molecular weight excluding hydrogens is 668 g/mol. The van der Waals surface area contributed by atoms with E-state index in [4.69, 9.17) is 19.9 Å². The van der Waals surface area contributed by atoms with Gasteiger partial charge in [-0.05, 0) is 97.1 Å². The molecule has 12 heteroatoms. The van der Waals surface area contributed by atoms with E-state index in [1.54, 1.807) is 0 Å². The van der Waals surface area contributed by atoms with E-state index < -0.39 is 46.9 Å². The SMILES string of the molecule is N#CC(C#N)C1c2nc(-c3ccc(F)cc3)c(-c3ccc(F)cc3)nc2C(C(C#N)C#N)c2nc(-c3ccc(F)cc3)c(-c3ccc(F)cc3)nc21. The minimum atomic E-state index is -1.44. The Kier molecular flexibility index (Phi) is 8.66. The van der Waals surface area contributed by atoms with Crippen molar-refractivity contribution in [3.8, 4) is 69.3 Å². The van der Waals surface area contributed by atoms with Gasteiger partial charge in [-0.25, -0.2) is 37.5 Å². The maximum absolute atomic E-state index is 14.1. The van der Waals surface area contributed by atoms with Gasteiger partial charge in [0, 0.05) is 22.3 Å². The quantitative estimate of drug-likeness (QED) is 0.159. The van der Waals surface area contributed by atoms with Gasteiger partial charge in [0.25, 0.3) is 0 Å². The van der Waals surface area contributed by atoms with E-state index in [-0.39, 0.29) is 45.6 Å². The second kappa shape index (κ2) is 13.6. The van der Waals surface area contributed by atoms with Gasteiger partial charge in [0.05, 0.1) is 81.7 Å². The summed E-state index contributed by atoms with van der Waals surface area (Å²) in [5, 5.41) is 41.3. The highest BCUT2D eigenvalue weighted by Gasteiger charge is 2.46. The van der Waals surface area contributed by atoms with Crippen LogP contribution in [0.1, 0.15) is 34.6 Å². The van der Waals surface area contributed by atoms with Crippen molar-refractivity contribution in [1.82, 2.24) is 19.9 Å². The standard InChI is InChI=1S/C40H20F4N8/c41-27-9-1-21(2-10-27)33-34(22-3-11-28(42)12-4-22)50-38-32(26(19-47)20-48)40-39(31(37(38)49-33)25(17-45)18-46)51-35(23-5-13-29(43)14-6-23)36(52-40)24-7-15-30(44)16-8-24/h1-16,25-26,31-32H. The number of halogens is 4. The first-order valence-electron chi connectivity index (χ1n) is 15.7. The van der Waals surface area contributed by atoms with Crippen molar-refractivity contribution >= 4 is 0 Å². The first kappa shape index (κ1) is 33.2. The van der Waals surface area contributed by atoms with Crippen LogP contribution in [0.15, 0.2) is 97.1 Å². The minimum absolute atomic E-state index is 0.0557. The van der Waals surface area contributed by atoms with Gasteiger partial charge in [0.2, 0.25) is 0 Å². The second-order valence-corrected chi connectivity index (χ2v) is 11.8. The van der Waals surface area contributed by atoms with E-state index in [9.17, 15) is 38.6 Å². The Morgan fingerprint density at radius 2 is 0.558 bits per heavy atom. The highest BCUT2D eigenvalue weighted by atomic mass is 19.1. The van der Waals surface area contributed by atoms with Crippen molar-refractivity contribution in [2.24, 2.45) is 11.8 Å². The van der Waals surface area contributed by atoms with Crippen LogP contribution in [0.3, 0.4) is 0 Å². The van der Waals surface area contributed by atoms with Crippen LogP contribution in [0.5, 0.6) is 0 Å². The van der Waals surface area contributed by atoms with Crippen LogP contribution in [-0.2, 0) is 0 Å². The molecule has 4 aromatic carbocycles. The van der Waals surface area contributed by atoms with Gasteiger partial charge < -0.3 is 0 Å². The number of rotatable bonds is 6. The monoisotopic (exact) mass is 688 g/mol. The Morgan fingerprint density at radius 1 is 0.365 bits per heavy atom. The summed E-state index contributed by atoms with van der Waals surface area (Å²) in [4.78, 5) is 19.8. The third-order valence-electron chi connectivity index (χ3n) is 8.77. The number of fused-ring (bicyclic) bond motifs is 2. The molecule has 0 spiro atoms. The average Bonchev–Trinajstić information content (AvgIpc) is 3.16. The molecule has 2 aromatic heterocycles. The van der Waals surface area contributed by atoms with Gasteiger partial charge in [-0.2, -0.15) is 21.0 Å². The van der Waals surface area contributed by atoms with Crippen LogP contribution in [0.25, 0.3) is 45.0 Å². The lowest BCUT2D eigenvalue weighted by Gasteiger charge is -2.33. The largest absolute Gasteiger partial charge is 0.248 e. The predicted molar refractivity (Wildman–Crippen MR) is 179 cm³/mol. The number of nitrogens with zero attached hydrogens (tertiary/aromatic N) is 8. The molecule has 0 amide bonds. The molecule has 1 aliphatic rings. The summed E-state index contributed by atoms with van der Waals surface area (Å²) in [6.07, 6.45) is 0. The fourth-order valence-electron chi connectivity index (χ4n) is 6.32. The van der Waals surface area contributed by atoms with Crippen LogP contribution in [0, 0.1) is 80.4 Å². The molecule has 0 bridgehead atoms. The van der Waals surface area contributed by atoms with Crippen LogP contribution in [0.4, 0.5) is 17.6 Å². The van der Waals surface area contributed by atoms with Crippen molar-refractivity contribution in [1.29, 1.82) is 21.0 Å². The Labute approximate surface area is 294 Å². The van der Waals surface area contributed by atoms with Gasteiger partial charge in [-0.15, -0.1) is 0 Å². The summed E-state index contributed by atoms with van der Waals surface area (Å²) in [5.74, 6) is -7.46. The molecule has 0 N–H and O–H groups in total. The zero-order valence-electron chi connectivity index (χ0n) is 26.6. The summed E-state index contributed by atoms with van der Waals surface area (Å²) in [6.45, 7) is 0. The molecule has 2 heterocycles. The molecule has 0 radical (unpaired) electrons. The third kappa shape index (κ3) is 5.85. The molecule has 0 fully saturated rings. The van der Waals surface area contributed by atoms with Crippen molar-refractivity contribution in [3.05, 3.63) is 143 Å². The topological polar surface area (TPSA) is 147 Å². The van der Waals surface area contributed by atoms with E-state index >= 15 is 0 Å². The van der Waals surface area contributed by atoms with Crippen LogP contribution in [0.2, 0.25) is 0 Å². The van der Waals surface area contributed by atoms with Gasteiger partial charge in [-0.1, -0.05) is 0 Å². The van der Waals surface area contributed by atoms with Crippen molar-refractivity contribution in [3.63, 3.8) is 0 Å². The Morgan fingerprint density at radius 3 is 0.731 bits per heavy atom. The van der Waals surface area contributed by atoms with Crippen molar-refractivity contribution < 1.29 is 17.6 Å². The highest BCUT2D eigenvalue weighted by molar-refractivity contribution is 5.80. The smallest absolute Gasteiger partial charge is 0.147 e. The van der Waals surface area contributed by atoms with E-state index in [1.165, 1.54) is 97.1 Å². The average molecular weight is 689 g/mol. The van der Waals surface area contributed by atoms with Gasteiger partial charge in [0.15, 0.2) is 0 Å². The fraction of sp³-hybridized carbons (Fsp3) is 0.100. The molecule has 248 valence electrons. The highest BCUT2D eigenvalue weighted by Crippen LogP contribution is 2.49. The normalized spacial score (nSPS) is 14.4. The Balaban J connectivity index is 1.61. The van der Waals surface area contributed by atoms with Crippen molar-refractivity contribution in [2.45, 2.75) is 11.8 Å². The van der Waals surface area contributed by atoms with Gasteiger partial charge >= 0.3 is 0 Å². The minimum Gasteiger partial charge on any atom is -0.248 e. The molecule has 0 aliphatic heterocycles.